The summed E-state index contributed by atoms with van der Waals surface area (Å²) in [5.41, 5.74) is 2.87. The monoisotopic (exact) mass is 186 g/mol. The predicted octanol–water partition coefficient (Wildman–Crippen LogP) is -1.77. The van der Waals surface area contributed by atoms with Crippen LogP contribution in [0.15, 0.2) is 0 Å². The molecule has 12 heavy (non-hydrogen) atoms. The predicted molar refractivity (Wildman–Crippen MR) is 28.3 cm³/mol. The van der Waals surface area contributed by atoms with Crippen LogP contribution < -0.4 is 10.9 Å². The van der Waals surface area contributed by atoms with Crippen molar-refractivity contribution in [1.82, 2.24) is 10.9 Å². The maximum Gasteiger partial charge on any atom is 0.411 e. The van der Waals surface area contributed by atoms with Crippen LogP contribution >= 0.6 is 0 Å². The number of hydrazine groups is 1. The van der Waals surface area contributed by atoms with Gasteiger partial charge in [0.2, 0.25) is 0 Å². The molecule has 0 aromatic carbocycles. The van der Waals surface area contributed by atoms with Crippen LogP contribution in [0.25, 0.3) is 0 Å². The number of nitrogens with one attached hydrogen (secondary N) is 2. The summed E-state index contributed by atoms with van der Waals surface area (Å²) in [5.74, 6) is -4.96. The molecule has 5 nitrogen and oxygen atoms in total. The molecule has 0 saturated carbocycles. The fourth-order valence-corrected chi connectivity index (χ4v) is 0.771. The molecule has 0 bridgehead atoms. The van der Waals surface area contributed by atoms with Crippen molar-refractivity contribution >= 4 is 5.91 Å². The molecule has 0 aromatic rings. The number of hydrogen-bond donors (Lipinski definition) is 4. The van der Waals surface area contributed by atoms with Crippen LogP contribution in [0.2, 0.25) is 0 Å². The van der Waals surface area contributed by atoms with E-state index >= 15 is 0 Å². The van der Waals surface area contributed by atoms with Gasteiger partial charge in [-0.3, -0.25) is 10.2 Å². The Balaban J connectivity index is 2.89. The number of amides is 1. The third-order valence-corrected chi connectivity index (χ3v) is 1.39. The standard InChI is InChI=1S/C4H5F3N2O3/c5-4(6,7)1-3(11,12)2(10)9-8-1/h1,8,11-12H,(H,9,10). The maximum absolute atomic E-state index is 11.9. The second kappa shape index (κ2) is 2.31. The number of rotatable bonds is 0. The highest BCUT2D eigenvalue weighted by molar-refractivity contribution is 5.85. The van der Waals surface area contributed by atoms with E-state index in [0.29, 0.717) is 0 Å². The van der Waals surface area contributed by atoms with E-state index in [9.17, 15) is 18.0 Å². The highest BCUT2D eigenvalue weighted by Gasteiger charge is 2.60. The molecule has 1 heterocycles. The second-order valence-corrected chi connectivity index (χ2v) is 2.30. The van der Waals surface area contributed by atoms with Crippen LogP contribution in [-0.4, -0.2) is 34.1 Å². The van der Waals surface area contributed by atoms with Crippen molar-refractivity contribution in [2.45, 2.75) is 18.0 Å². The van der Waals surface area contributed by atoms with Gasteiger partial charge in [0.05, 0.1) is 0 Å². The summed E-state index contributed by atoms with van der Waals surface area (Å²) < 4.78 is 35.6. The van der Waals surface area contributed by atoms with Crippen LogP contribution in [0.3, 0.4) is 0 Å². The summed E-state index contributed by atoms with van der Waals surface area (Å²) in [4.78, 5) is 10.4. The van der Waals surface area contributed by atoms with Crippen molar-refractivity contribution in [2.24, 2.45) is 0 Å². The number of aliphatic hydroxyl groups is 2. The Kier molecular flexibility index (Phi) is 1.78. The highest BCUT2D eigenvalue weighted by Crippen LogP contribution is 2.28. The molecule has 1 fully saturated rings. The summed E-state index contributed by atoms with van der Waals surface area (Å²) >= 11 is 0. The summed E-state index contributed by atoms with van der Waals surface area (Å²) in [7, 11) is 0. The summed E-state index contributed by atoms with van der Waals surface area (Å²) in [6.07, 6.45) is -4.90. The lowest BCUT2D eigenvalue weighted by Gasteiger charge is -2.21. The van der Waals surface area contributed by atoms with E-state index in [-0.39, 0.29) is 0 Å². The first kappa shape index (κ1) is 9.23. The Morgan fingerprint density at radius 3 is 2.08 bits per heavy atom. The fourth-order valence-electron chi connectivity index (χ4n) is 0.771. The van der Waals surface area contributed by atoms with Gasteiger partial charge in [-0.15, -0.1) is 0 Å². The average Bonchev–Trinajstić information content (AvgIpc) is 2.06. The minimum atomic E-state index is -4.90. The van der Waals surface area contributed by atoms with Crippen molar-refractivity contribution < 1.29 is 28.2 Å². The van der Waals surface area contributed by atoms with Crippen LogP contribution in [-0.2, 0) is 4.79 Å². The lowest BCUT2D eigenvalue weighted by molar-refractivity contribution is -0.245. The third kappa shape index (κ3) is 1.24. The molecule has 8 heteroatoms. The van der Waals surface area contributed by atoms with E-state index < -0.39 is 23.9 Å². The minimum absolute atomic E-state index is 1.41. The fraction of sp³-hybridized carbons (Fsp3) is 0.750. The van der Waals surface area contributed by atoms with Gasteiger partial charge in [-0.1, -0.05) is 0 Å². The molecule has 1 rings (SSSR count). The van der Waals surface area contributed by atoms with E-state index in [1.165, 1.54) is 10.9 Å². The zero-order valence-corrected chi connectivity index (χ0v) is 5.51. The van der Waals surface area contributed by atoms with Crippen molar-refractivity contribution in [1.29, 1.82) is 0 Å². The van der Waals surface area contributed by atoms with E-state index in [4.69, 9.17) is 10.2 Å². The molecule has 70 valence electrons. The smallest absolute Gasteiger partial charge is 0.357 e. The SMILES string of the molecule is O=C1NNC(C(F)(F)F)C1(O)O. The van der Waals surface area contributed by atoms with Crippen LogP contribution in [0.4, 0.5) is 13.2 Å². The highest BCUT2D eigenvalue weighted by atomic mass is 19.4. The number of carbonyl (C=O) groups is 1. The van der Waals surface area contributed by atoms with Crippen LogP contribution in [0.5, 0.6) is 0 Å². The molecule has 1 unspecified atom stereocenters. The molecular weight excluding hydrogens is 181 g/mol. The lowest BCUT2D eigenvalue weighted by Crippen LogP contribution is -2.54. The molecule has 0 aliphatic carbocycles. The van der Waals surface area contributed by atoms with Gasteiger partial charge in [0.15, 0.2) is 6.04 Å². The van der Waals surface area contributed by atoms with Crippen molar-refractivity contribution in [3.63, 3.8) is 0 Å². The molecule has 1 amide bonds. The van der Waals surface area contributed by atoms with E-state index in [1.807, 2.05) is 0 Å². The molecule has 0 radical (unpaired) electrons. The largest absolute Gasteiger partial charge is 0.411 e. The third-order valence-electron chi connectivity index (χ3n) is 1.39. The Labute approximate surface area is 64.1 Å². The van der Waals surface area contributed by atoms with Crippen molar-refractivity contribution in [2.75, 3.05) is 0 Å². The van der Waals surface area contributed by atoms with Crippen LogP contribution in [0, 0.1) is 0 Å². The summed E-state index contributed by atoms with van der Waals surface area (Å²) in [6, 6.07) is -2.70. The summed E-state index contributed by atoms with van der Waals surface area (Å²) in [5, 5.41) is 17.2. The van der Waals surface area contributed by atoms with E-state index in [2.05, 4.69) is 0 Å². The Morgan fingerprint density at radius 1 is 1.42 bits per heavy atom. The number of hydrogen-bond acceptors (Lipinski definition) is 4. The Hall–Kier alpha value is -0.860. The quantitative estimate of drug-likeness (QED) is 0.337. The van der Waals surface area contributed by atoms with Gasteiger partial charge in [-0.25, -0.2) is 5.43 Å². The topological polar surface area (TPSA) is 81.6 Å². The normalized spacial score (nSPS) is 28.8. The molecule has 0 aromatic heterocycles. The van der Waals surface area contributed by atoms with E-state index in [0.717, 1.165) is 0 Å². The molecule has 0 spiro atoms. The minimum Gasteiger partial charge on any atom is -0.357 e. The Bertz CT molecular complexity index is 214. The van der Waals surface area contributed by atoms with E-state index in [1.54, 1.807) is 0 Å². The van der Waals surface area contributed by atoms with Crippen molar-refractivity contribution in [3.05, 3.63) is 0 Å². The first-order valence-electron chi connectivity index (χ1n) is 2.83. The zero-order chi connectivity index (χ0) is 9.57. The molecule has 1 atom stereocenters. The molecule has 4 N–H and O–H groups in total. The summed E-state index contributed by atoms with van der Waals surface area (Å²) in [6.45, 7) is 0. The Morgan fingerprint density at radius 2 is 1.92 bits per heavy atom. The lowest BCUT2D eigenvalue weighted by atomic mass is 10.1. The number of alkyl halides is 3. The van der Waals surface area contributed by atoms with Gasteiger partial charge >= 0.3 is 6.18 Å². The number of halogens is 3. The van der Waals surface area contributed by atoms with Gasteiger partial charge in [-0.05, 0) is 0 Å². The molecule has 1 aliphatic rings. The zero-order valence-electron chi connectivity index (χ0n) is 5.51. The van der Waals surface area contributed by atoms with Gasteiger partial charge in [0.25, 0.3) is 11.7 Å². The average molecular weight is 186 g/mol. The maximum atomic E-state index is 11.9. The second-order valence-electron chi connectivity index (χ2n) is 2.30. The number of carbonyl (C=O) groups excluding carboxylic acids is 1. The van der Waals surface area contributed by atoms with Crippen LogP contribution in [0.1, 0.15) is 0 Å². The first-order valence-corrected chi connectivity index (χ1v) is 2.83. The van der Waals surface area contributed by atoms with Gasteiger partial charge in [0.1, 0.15) is 0 Å². The van der Waals surface area contributed by atoms with Gasteiger partial charge < -0.3 is 10.2 Å². The van der Waals surface area contributed by atoms with Gasteiger partial charge in [0, 0.05) is 0 Å². The molecular formula is C4H5F3N2O3. The first-order chi connectivity index (χ1) is 5.26. The molecule has 1 saturated heterocycles. The van der Waals surface area contributed by atoms with Gasteiger partial charge in [-0.2, -0.15) is 13.2 Å². The van der Waals surface area contributed by atoms with Crippen molar-refractivity contribution in [3.8, 4) is 0 Å². The molecule has 1 aliphatic heterocycles.